The topological polar surface area (TPSA) is 236 Å². The maximum absolute atomic E-state index is 11.5. The van der Waals surface area contributed by atoms with Gasteiger partial charge in [0.1, 0.15) is 54.9 Å². The molecule has 16 heteroatoms. The van der Waals surface area contributed by atoms with Gasteiger partial charge in [0.2, 0.25) is 5.79 Å². The molecule has 2 fully saturated rings. The van der Waals surface area contributed by atoms with Crippen molar-refractivity contribution in [1.29, 1.82) is 0 Å². The molecule has 2 rings (SSSR count). The summed E-state index contributed by atoms with van der Waals surface area (Å²) in [6.45, 7) is 13.8. The van der Waals surface area contributed by atoms with Gasteiger partial charge in [-0.3, -0.25) is 0 Å². The van der Waals surface area contributed by atoms with Crippen LogP contribution in [0.1, 0.15) is 138 Å². The molecule has 0 aromatic heterocycles. The summed E-state index contributed by atoms with van der Waals surface area (Å²) in [5.74, 6) is -0.797. The Bertz CT molecular complexity index is 1080. The number of ether oxygens (including phenoxy) is 8. The highest BCUT2D eigenvalue weighted by atomic mass is 16.8. The molecular weight excluding hydrogens is 808 g/mol. The van der Waals surface area contributed by atoms with Crippen molar-refractivity contribution in [3.8, 4) is 0 Å². The van der Waals surface area contributed by atoms with Crippen LogP contribution in [0.15, 0.2) is 0 Å². The summed E-state index contributed by atoms with van der Waals surface area (Å²) in [5.41, 5.74) is 0. The molecule has 2 saturated heterocycles. The molecule has 2 aliphatic rings. The van der Waals surface area contributed by atoms with Crippen LogP contribution in [0.5, 0.6) is 0 Å². The Morgan fingerprint density at radius 3 is 1.35 bits per heavy atom. The van der Waals surface area contributed by atoms with Gasteiger partial charge in [-0.25, -0.2) is 0 Å². The van der Waals surface area contributed by atoms with Crippen molar-refractivity contribution in [3.05, 3.63) is 0 Å². The van der Waals surface area contributed by atoms with E-state index in [0.717, 1.165) is 77.0 Å². The van der Waals surface area contributed by atoms with Gasteiger partial charge < -0.3 is 78.7 Å². The average Bonchev–Trinajstić information content (AvgIpc) is 3.49. The largest absolute Gasteiger partial charge is 0.391 e. The van der Waals surface area contributed by atoms with Crippen LogP contribution >= 0.6 is 0 Å². The van der Waals surface area contributed by atoms with Gasteiger partial charge in [0.25, 0.3) is 0 Å². The molecule has 0 aliphatic carbocycles. The zero-order valence-electron chi connectivity index (χ0n) is 39.1. The van der Waals surface area contributed by atoms with Crippen molar-refractivity contribution in [2.75, 3.05) is 66.1 Å². The normalized spacial score (nSPS) is 29.7. The average molecular weight is 899 g/mol. The molecule has 0 aromatic carbocycles. The Morgan fingerprint density at radius 1 is 0.468 bits per heavy atom. The van der Waals surface area contributed by atoms with Crippen LogP contribution in [0.3, 0.4) is 0 Å². The molecule has 14 unspecified atom stereocenters. The van der Waals surface area contributed by atoms with E-state index in [2.05, 4.69) is 41.5 Å². The van der Waals surface area contributed by atoms with Gasteiger partial charge >= 0.3 is 0 Å². The predicted molar refractivity (Wildman–Crippen MR) is 233 cm³/mol. The molecule has 0 spiro atoms. The Morgan fingerprint density at radius 2 is 0.903 bits per heavy atom. The highest BCUT2D eigenvalue weighted by Crippen LogP contribution is 2.40. The van der Waals surface area contributed by atoms with E-state index in [9.17, 15) is 40.9 Å². The molecule has 0 radical (unpaired) electrons. The Hall–Kier alpha value is -0.640. The zero-order valence-corrected chi connectivity index (χ0v) is 39.1. The third kappa shape index (κ3) is 20.9. The number of aliphatic hydroxyl groups is 8. The first kappa shape index (κ1) is 57.5. The Balaban J connectivity index is 2.08. The lowest BCUT2D eigenvalue weighted by Gasteiger charge is -2.44. The van der Waals surface area contributed by atoms with Gasteiger partial charge in [-0.2, -0.15) is 0 Å². The molecule has 0 saturated carbocycles. The maximum atomic E-state index is 11.5. The predicted octanol–water partition coefficient (Wildman–Crippen LogP) is 3.61. The van der Waals surface area contributed by atoms with E-state index in [4.69, 9.17) is 37.9 Å². The summed E-state index contributed by atoms with van der Waals surface area (Å²) in [7, 11) is 0. The fraction of sp³-hybridized carbons (Fsp3) is 1.00. The van der Waals surface area contributed by atoms with Gasteiger partial charge in [0.15, 0.2) is 6.29 Å². The zero-order chi connectivity index (χ0) is 45.9. The minimum absolute atomic E-state index is 0.0546. The van der Waals surface area contributed by atoms with Crippen LogP contribution in [0.25, 0.3) is 0 Å². The number of aliphatic hydroxyl groups excluding tert-OH is 8. The Kier molecular flexibility index (Phi) is 30.5. The maximum Gasteiger partial charge on any atom is 0.200 e. The highest BCUT2D eigenvalue weighted by Gasteiger charge is 2.58. The van der Waals surface area contributed by atoms with Crippen molar-refractivity contribution >= 4 is 0 Å². The monoisotopic (exact) mass is 899 g/mol. The van der Waals surface area contributed by atoms with E-state index in [1.54, 1.807) is 0 Å². The third-order valence-electron chi connectivity index (χ3n) is 12.4. The van der Waals surface area contributed by atoms with Crippen LogP contribution in [0, 0.1) is 17.8 Å². The van der Waals surface area contributed by atoms with Crippen LogP contribution in [0.4, 0.5) is 0 Å². The van der Waals surface area contributed by atoms with Crippen molar-refractivity contribution < 1.29 is 78.7 Å². The van der Waals surface area contributed by atoms with Crippen molar-refractivity contribution in [3.63, 3.8) is 0 Å². The van der Waals surface area contributed by atoms with Crippen molar-refractivity contribution in [2.24, 2.45) is 17.8 Å². The van der Waals surface area contributed by atoms with E-state index < -0.39 is 73.1 Å². The lowest BCUT2D eigenvalue weighted by atomic mass is 9.96. The van der Waals surface area contributed by atoms with E-state index in [0.29, 0.717) is 37.6 Å². The third-order valence-corrected chi connectivity index (χ3v) is 12.4. The van der Waals surface area contributed by atoms with Gasteiger partial charge in [0, 0.05) is 26.2 Å². The van der Waals surface area contributed by atoms with Gasteiger partial charge in [-0.15, -0.1) is 0 Å². The van der Waals surface area contributed by atoms with E-state index in [1.807, 2.05) is 0 Å². The quantitative estimate of drug-likeness (QED) is 0.0442. The molecule has 62 heavy (non-hydrogen) atoms. The number of rotatable bonds is 38. The first-order valence-corrected chi connectivity index (χ1v) is 24.1. The summed E-state index contributed by atoms with van der Waals surface area (Å²) in [6.07, 6.45) is -2.04. The lowest BCUT2D eigenvalue weighted by molar-refractivity contribution is -0.380. The summed E-state index contributed by atoms with van der Waals surface area (Å²) in [4.78, 5) is 0. The molecule has 15 atom stereocenters. The molecule has 16 nitrogen and oxygen atoms in total. The molecule has 0 bridgehead atoms. The van der Waals surface area contributed by atoms with Crippen LogP contribution in [-0.2, 0) is 37.9 Å². The van der Waals surface area contributed by atoms with Crippen LogP contribution in [-0.4, -0.2) is 180 Å². The second kappa shape index (κ2) is 32.9. The highest BCUT2D eigenvalue weighted by molar-refractivity contribution is 4.99. The fourth-order valence-corrected chi connectivity index (χ4v) is 7.91. The smallest absolute Gasteiger partial charge is 0.200 e. The van der Waals surface area contributed by atoms with E-state index in [1.165, 1.54) is 0 Å². The molecular formula is C46H90O16. The van der Waals surface area contributed by atoms with Crippen LogP contribution in [0.2, 0.25) is 0 Å². The second-order valence-corrected chi connectivity index (χ2v) is 17.8. The first-order valence-electron chi connectivity index (χ1n) is 24.1. The summed E-state index contributed by atoms with van der Waals surface area (Å²) >= 11 is 0. The summed E-state index contributed by atoms with van der Waals surface area (Å²) < 4.78 is 47.1. The summed E-state index contributed by atoms with van der Waals surface area (Å²) in [5, 5.41) is 87.4. The van der Waals surface area contributed by atoms with Crippen LogP contribution < -0.4 is 0 Å². The van der Waals surface area contributed by atoms with Crippen molar-refractivity contribution in [1.82, 2.24) is 0 Å². The summed E-state index contributed by atoms with van der Waals surface area (Å²) in [6, 6.07) is 0. The van der Waals surface area contributed by atoms with Gasteiger partial charge in [0.05, 0.1) is 52.4 Å². The first-order chi connectivity index (χ1) is 29.8. The minimum atomic E-state index is -2.02. The number of hydrogen-bond acceptors (Lipinski definition) is 16. The Labute approximate surface area is 372 Å². The van der Waals surface area contributed by atoms with E-state index >= 15 is 0 Å². The van der Waals surface area contributed by atoms with E-state index in [-0.39, 0.29) is 65.5 Å². The SMILES string of the molecule is CCCCC(CC)COCC(O)CCCC1(OC2OC(COCC(O)COCC(CC)CCCC)C(O)C(O)C2O)OC(COCC(O)COCC(CC)CCCC)C(O)[C@H]1O. The molecule has 0 amide bonds. The second-order valence-electron chi connectivity index (χ2n) is 17.8. The minimum Gasteiger partial charge on any atom is -0.391 e. The number of hydrogen-bond donors (Lipinski definition) is 8. The molecule has 2 heterocycles. The lowest BCUT2D eigenvalue weighted by Crippen LogP contribution is -2.62. The number of unbranched alkanes of at least 4 members (excludes halogenated alkanes) is 3. The standard InChI is InChI=1S/C46H90O16/c1-7-13-17-32(10-4)22-55-25-35(47)20-16-21-46(44(54)41(51)39(61-46)31-59-29-37(49)27-57-24-34(12-6)19-15-9-3)62-45-43(53)42(52)40(50)38(60-45)30-58-28-36(48)26-56-23-33(11-5)18-14-8-2/h32-45,47-54H,7-31H2,1-6H3/t32?,33?,34?,35?,36?,37?,38?,39?,40?,41?,42?,43?,44-,45?,46?/m1/s1. The van der Waals surface area contributed by atoms with Gasteiger partial charge in [-0.05, 0) is 49.9 Å². The molecule has 0 aromatic rings. The molecule has 8 N–H and O–H groups in total. The molecule has 2 aliphatic heterocycles. The fourth-order valence-electron chi connectivity index (χ4n) is 7.91. The van der Waals surface area contributed by atoms with Gasteiger partial charge in [-0.1, -0.05) is 99.3 Å². The van der Waals surface area contributed by atoms with Crippen molar-refractivity contribution in [2.45, 2.75) is 211 Å². The molecule has 370 valence electrons.